The van der Waals surface area contributed by atoms with E-state index in [1.165, 1.54) is 6.92 Å². The van der Waals surface area contributed by atoms with Gasteiger partial charge < -0.3 is 9.84 Å². The Bertz CT molecular complexity index is 518. The standard InChI is InChI=1S/C15H20O2.C4H6O2/c1-3-4-8-11-17-15(16)13(2)12-14-9-6-5-7-10-14;1-3(2)4(5)6/h5-7,9-10,12H,3-4,8,11H2,1-2H3;1H2,2H3,(H,5,6). The fourth-order valence-corrected chi connectivity index (χ4v) is 1.49. The van der Waals surface area contributed by atoms with Gasteiger partial charge in [-0.1, -0.05) is 56.7 Å². The Morgan fingerprint density at radius 2 is 1.74 bits per heavy atom. The smallest absolute Gasteiger partial charge is 0.333 e. The van der Waals surface area contributed by atoms with Crippen LogP contribution in [0.1, 0.15) is 45.6 Å². The van der Waals surface area contributed by atoms with Crippen molar-refractivity contribution in [2.45, 2.75) is 40.0 Å². The van der Waals surface area contributed by atoms with E-state index in [-0.39, 0.29) is 11.5 Å². The molecule has 23 heavy (non-hydrogen) atoms. The molecule has 0 atom stereocenters. The van der Waals surface area contributed by atoms with Gasteiger partial charge in [0.25, 0.3) is 0 Å². The summed E-state index contributed by atoms with van der Waals surface area (Å²) in [7, 11) is 0. The highest BCUT2D eigenvalue weighted by atomic mass is 16.5. The van der Waals surface area contributed by atoms with E-state index in [9.17, 15) is 9.59 Å². The first-order valence-corrected chi connectivity index (χ1v) is 7.67. The number of carboxylic acids is 1. The fourth-order valence-electron chi connectivity index (χ4n) is 1.49. The zero-order valence-corrected chi connectivity index (χ0v) is 14.2. The molecule has 0 spiro atoms. The van der Waals surface area contributed by atoms with Crippen LogP contribution in [0, 0.1) is 0 Å². The van der Waals surface area contributed by atoms with E-state index in [4.69, 9.17) is 9.84 Å². The van der Waals surface area contributed by atoms with Crippen LogP contribution in [0.3, 0.4) is 0 Å². The number of carbonyl (C=O) groups excluding carboxylic acids is 1. The summed E-state index contributed by atoms with van der Waals surface area (Å²) >= 11 is 0. The minimum atomic E-state index is -0.935. The Morgan fingerprint density at radius 3 is 2.22 bits per heavy atom. The van der Waals surface area contributed by atoms with E-state index in [1.807, 2.05) is 36.4 Å². The molecular formula is C19H26O4. The fraction of sp³-hybridized carbons (Fsp3) is 0.368. The molecule has 0 aliphatic rings. The zero-order chi connectivity index (χ0) is 17.7. The van der Waals surface area contributed by atoms with Crippen LogP contribution >= 0.6 is 0 Å². The van der Waals surface area contributed by atoms with Gasteiger partial charge >= 0.3 is 11.9 Å². The predicted octanol–water partition coefficient (Wildman–Crippen LogP) is 4.47. The molecule has 0 bridgehead atoms. The second kappa shape index (κ2) is 12.2. The molecule has 0 unspecified atom stereocenters. The van der Waals surface area contributed by atoms with Crippen molar-refractivity contribution in [1.29, 1.82) is 0 Å². The van der Waals surface area contributed by atoms with Gasteiger partial charge in [0.05, 0.1) is 6.61 Å². The number of rotatable bonds is 7. The summed E-state index contributed by atoms with van der Waals surface area (Å²) < 4.78 is 5.17. The van der Waals surface area contributed by atoms with E-state index in [0.717, 1.165) is 24.8 Å². The first-order chi connectivity index (χ1) is 10.9. The van der Waals surface area contributed by atoms with E-state index in [2.05, 4.69) is 13.5 Å². The van der Waals surface area contributed by atoms with E-state index in [0.29, 0.717) is 12.2 Å². The Morgan fingerprint density at radius 1 is 1.17 bits per heavy atom. The number of unbranched alkanes of at least 4 members (excludes halogenated alkanes) is 2. The second-order valence-corrected chi connectivity index (χ2v) is 5.17. The van der Waals surface area contributed by atoms with Crippen molar-refractivity contribution in [2.24, 2.45) is 0 Å². The molecule has 1 rings (SSSR count). The van der Waals surface area contributed by atoms with Gasteiger partial charge in [0.15, 0.2) is 0 Å². The molecule has 126 valence electrons. The number of hydrogen-bond donors (Lipinski definition) is 1. The molecule has 4 heteroatoms. The highest BCUT2D eigenvalue weighted by Gasteiger charge is 2.04. The number of carbonyl (C=O) groups is 2. The van der Waals surface area contributed by atoms with Crippen LogP contribution in [0.5, 0.6) is 0 Å². The maximum absolute atomic E-state index is 11.6. The van der Waals surface area contributed by atoms with E-state index < -0.39 is 5.97 Å². The normalized spacial score (nSPS) is 10.3. The van der Waals surface area contributed by atoms with Gasteiger partial charge in [0, 0.05) is 11.1 Å². The van der Waals surface area contributed by atoms with Crippen LogP contribution in [0.2, 0.25) is 0 Å². The average molecular weight is 318 g/mol. The molecule has 1 aromatic rings. The molecule has 0 aliphatic carbocycles. The molecule has 1 N–H and O–H groups in total. The van der Waals surface area contributed by atoms with Crippen molar-refractivity contribution in [2.75, 3.05) is 6.61 Å². The van der Waals surface area contributed by atoms with Crippen LogP contribution in [0.4, 0.5) is 0 Å². The van der Waals surface area contributed by atoms with Crippen LogP contribution in [0.25, 0.3) is 6.08 Å². The Kier molecular flexibility index (Phi) is 11.0. The van der Waals surface area contributed by atoms with Crippen LogP contribution in [-0.4, -0.2) is 23.7 Å². The molecule has 0 aromatic heterocycles. The minimum Gasteiger partial charge on any atom is -0.478 e. The largest absolute Gasteiger partial charge is 0.478 e. The van der Waals surface area contributed by atoms with Gasteiger partial charge in [-0.05, 0) is 31.9 Å². The van der Waals surface area contributed by atoms with Crippen molar-refractivity contribution >= 4 is 18.0 Å². The third-order valence-electron chi connectivity index (χ3n) is 2.85. The third kappa shape index (κ3) is 10.9. The van der Waals surface area contributed by atoms with Gasteiger partial charge in [-0.15, -0.1) is 0 Å². The lowest BCUT2D eigenvalue weighted by atomic mass is 10.1. The number of ether oxygens (including phenoxy) is 1. The molecule has 4 nitrogen and oxygen atoms in total. The second-order valence-electron chi connectivity index (χ2n) is 5.17. The number of aliphatic carboxylic acids is 1. The number of carboxylic acid groups (broad SMARTS) is 1. The molecule has 0 fully saturated rings. The first kappa shape index (κ1) is 20.6. The molecule has 1 aromatic carbocycles. The van der Waals surface area contributed by atoms with Crippen molar-refractivity contribution in [3.05, 3.63) is 53.6 Å². The van der Waals surface area contributed by atoms with Gasteiger partial charge in [-0.25, -0.2) is 9.59 Å². The highest BCUT2D eigenvalue weighted by Crippen LogP contribution is 2.08. The Labute approximate surface area is 138 Å². The summed E-state index contributed by atoms with van der Waals surface area (Å²) in [4.78, 5) is 21.2. The maximum Gasteiger partial charge on any atom is 0.333 e. The molecule has 0 saturated heterocycles. The molecule has 0 radical (unpaired) electrons. The summed E-state index contributed by atoms with van der Waals surface area (Å²) in [5, 5.41) is 7.89. The zero-order valence-electron chi connectivity index (χ0n) is 14.2. The molecule has 0 amide bonds. The van der Waals surface area contributed by atoms with E-state index in [1.54, 1.807) is 6.92 Å². The van der Waals surface area contributed by atoms with Crippen molar-refractivity contribution < 1.29 is 19.4 Å². The monoisotopic (exact) mass is 318 g/mol. The molecular weight excluding hydrogens is 292 g/mol. The van der Waals surface area contributed by atoms with Crippen molar-refractivity contribution in [3.63, 3.8) is 0 Å². The summed E-state index contributed by atoms with van der Waals surface area (Å²) in [6.07, 6.45) is 5.04. The summed E-state index contributed by atoms with van der Waals surface area (Å²) in [6, 6.07) is 9.79. The molecule has 0 saturated carbocycles. The lowest BCUT2D eigenvalue weighted by molar-refractivity contribution is -0.139. The van der Waals surface area contributed by atoms with Gasteiger partial charge in [-0.3, -0.25) is 0 Å². The van der Waals surface area contributed by atoms with Gasteiger partial charge in [0.2, 0.25) is 0 Å². The van der Waals surface area contributed by atoms with Crippen LogP contribution < -0.4 is 0 Å². The lowest BCUT2D eigenvalue weighted by Gasteiger charge is -2.04. The van der Waals surface area contributed by atoms with Crippen LogP contribution in [0.15, 0.2) is 48.1 Å². The lowest BCUT2D eigenvalue weighted by Crippen LogP contribution is -2.06. The predicted molar refractivity (Wildman–Crippen MR) is 93.0 cm³/mol. The Balaban J connectivity index is 0.000000688. The first-order valence-electron chi connectivity index (χ1n) is 7.67. The summed E-state index contributed by atoms with van der Waals surface area (Å²) in [6.45, 7) is 9.04. The minimum absolute atomic E-state index is 0.176. The van der Waals surface area contributed by atoms with E-state index >= 15 is 0 Å². The summed E-state index contributed by atoms with van der Waals surface area (Å²) in [5.41, 5.74) is 1.85. The van der Waals surface area contributed by atoms with Gasteiger partial charge in [-0.2, -0.15) is 0 Å². The Hall–Kier alpha value is -2.36. The number of hydrogen-bond acceptors (Lipinski definition) is 3. The maximum atomic E-state index is 11.6. The topological polar surface area (TPSA) is 63.6 Å². The SMILES string of the molecule is C=C(C)C(=O)O.CCCCCOC(=O)C(C)=Cc1ccccc1. The molecule has 0 heterocycles. The summed E-state index contributed by atoms with van der Waals surface area (Å²) in [5.74, 6) is -1.15. The number of esters is 1. The van der Waals surface area contributed by atoms with Crippen LogP contribution in [-0.2, 0) is 14.3 Å². The quantitative estimate of drug-likeness (QED) is 0.457. The van der Waals surface area contributed by atoms with Gasteiger partial charge in [0.1, 0.15) is 0 Å². The highest BCUT2D eigenvalue weighted by molar-refractivity contribution is 5.92. The van der Waals surface area contributed by atoms with Crippen molar-refractivity contribution in [3.8, 4) is 0 Å². The molecule has 0 aliphatic heterocycles. The number of benzene rings is 1. The van der Waals surface area contributed by atoms with Crippen molar-refractivity contribution in [1.82, 2.24) is 0 Å². The third-order valence-corrected chi connectivity index (χ3v) is 2.85. The average Bonchev–Trinajstić information content (AvgIpc) is 2.52.